The minimum atomic E-state index is 0. The second kappa shape index (κ2) is 21.7. The van der Waals surface area contributed by atoms with Crippen LogP contribution in [0.4, 0.5) is 0 Å². The van der Waals surface area contributed by atoms with Crippen LogP contribution in [0, 0.1) is 20.0 Å². The Kier molecular flexibility index (Phi) is 29.8. The average molecular weight is 300 g/mol. The summed E-state index contributed by atoms with van der Waals surface area (Å²) in [6, 6.07) is 7.56. The standard InChI is InChI=1S/C10H12O2.3CO.Cr/c1-8(11)7-9-5-3-4-6-10(9)12-2;3*1-2;/h3-6H,7H2,1-2H3;;;;. The van der Waals surface area contributed by atoms with Crippen LogP contribution in [0.15, 0.2) is 24.3 Å². The van der Waals surface area contributed by atoms with E-state index in [-0.39, 0.29) is 23.1 Å². The Morgan fingerprint density at radius 1 is 1.11 bits per heavy atom. The fraction of sp³-hybridized carbons (Fsp3) is 0.231. The summed E-state index contributed by atoms with van der Waals surface area (Å²) in [6.07, 6.45) is 0.448. The van der Waals surface area contributed by atoms with Crippen LogP contribution in [-0.2, 0) is 42.5 Å². The fourth-order valence-electron chi connectivity index (χ4n) is 1.12. The van der Waals surface area contributed by atoms with Gasteiger partial charge in [0.15, 0.2) is 0 Å². The molecule has 0 aliphatic heterocycles. The minimum Gasteiger partial charge on any atom is 0 e. The van der Waals surface area contributed by atoms with E-state index >= 15 is 0 Å². The Morgan fingerprint density at radius 3 is 1.89 bits per heavy atom. The second-order valence-electron chi connectivity index (χ2n) is 2.69. The van der Waals surface area contributed by atoms with Gasteiger partial charge in [0.05, 0.1) is 7.11 Å². The van der Waals surface area contributed by atoms with Gasteiger partial charge in [-0.25, -0.2) is 0 Å². The number of methoxy groups -OCH3 is 1. The van der Waals surface area contributed by atoms with Crippen molar-refractivity contribution in [3.05, 3.63) is 49.8 Å². The molecule has 0 aliphatic rings. The molecule has 0 spiro atoms. The molecule has 1 aromatic carbocycles. The van der Waals surface area contributed by atoms with Crippen molar-refractivity contribution < 1.29 is 40.8 Å². The van der Waals surface area contributed by atoms with E-state index in [2.05, 4.69) is 20.0 Å². The number of para-hydroxylation sites is 1. The van der Waals surface area contributed by atoms with Gasteiger partial charge in [-0.3, -0.25) is 4.79 Å². The largest absolute Gasteiger partial charge is 0 e. The number of ether oxygens (including phenoxy) is 1. The van der Waals surface area contributed by atoms with Gasteiger partial charge in [-0.2, -0.15) is 0 Å². The molecule has 100 valence electrons. The maximum absolute atomic E-state index is 10.8. The Morgan fingerprint density at radius 2 is 1.53 bits per heavy atom. The topological polar surface area (TPSA) is 86.0 Å². The van der Waals surface area contributed by atoms with Crippen molar-refractivity contribution in [2.24, 2.45) is 0 Å². The van der Waals surface area contributed by atoms with Crippen LogP contribution in [-0.4, -0.2) is 12.9 Å². The first kappa shape index (κ1) is 26.1. The first-order chi connectivity index (χ1) is 8.74. The van der Waals surface area contributed by atoms with Gasteiger partial charge in [-0.1, -0.05) is 18.2 Å². The van der Waals surface area contributed by atoms with Crippen molar-refractivity contribution in [1.29, 1.82) is 0 Å². The summed E-state index contributed by atoms with van der Waals surface area (Å²) in [5.41, 5.74) is 0.951. The molecule has 0 fully saturated rings. The summed E-state index contributed by atoms with van der Waals surface area (Å²) < 4.78 is 27.6. The summed E-state index contributed by atoms with van der Waals surface area (Å²) in [5, 5.41) is 0. The molecule has 0 aromatic heterocycles. The van der Waals surface area contributed by atoms with Crippen molar-refractivity contribution in [3.63, 3.8) is 0 Å². The summed E-state index contributed by atoms with van der Waals surface area (Å²) in [4.78, 5) is 10.8. The number of carbonyl (C=O) groups excluding carboxylic acids is 1. The first-order valence-electron chi connectivity index (χ1n) is 4.46. The van der Waals surface area contributed by atoms with Gasteiger partial charge in [0.1, 0.15) is 11.5 Å². The summed E-state index contributed by atoms with van der Waals surface area (Å²) in [7, 11) is 1.61. The van der Waals surface area contributed by atoms with E-state index in [1.807, 2.05) is 24.3 Å². The molecule has 0 aliphatic carbocycles. The van der Waals surface area contributed by atoms with Gasteiger partial charge in [0, 0.05) is 29.3 Å². The van der Waals surface area contributed by atoms with Crippen LogP contribution in [0.5, 0.6) is 5.75 Å². The van der Waals surface area contributed by atoms with E-state index in [0.717, 1.165) is 11.3 Å². The van der Waals surface area contributed by atoms with Crippen LogP contribution >= 0.6 is 0 Å². The third-order valence-electron chi connectivity index (χ3n) is 1.63. The van der Waals surface area contributed by atoms with E-state index in [1.54, 1.807) is 14.0 Å². The number of carbonyl (C=O) groups is 1. The predicted molar refractivity (Wildman–Crippen MR) is 59.2 cm³/mol. The molecule has 0 saturated carbocycles. The molecule has 0 radical (unpaired) electrons. The molecule has 0 N–H and O–H groups in total. The molecule has 1 rings (SSSR count). The van der Waals surface area contributed by atoms with Crippen LogP contribution in [0.25, 0.3) is 0 Å². The van der Waals surface area contributed by atoms with Crippen LogP contribution < -0.4 is 4.74 Å². The van der Waals surface area contributed by atoms with E-state index in [0.29, 0.717) is 6.42 Å². The molecule has 1 aromatic rings. The monoisotopic (exact) mass is 300 g/mol. The third-order valence-corrected chi connectivity index (χ3v) is 1.63. The zero-order valence-electron chi connectivity index (χ0n) is 10.5. The molecule has 0 unspecified atom stereocenters. The molecule has 19 heavy (non-hydrogen) atoms. The van der Waals surface area contributed by atoms with E-state index in [1.165, 1.54) is 0 Å². The Bertz CT molecular complexity index is 381. The number of hydrogen-bond donors (Lipinski definition) is 0. The Hall–Kier alpha value is -1.56. The van der Waals surface area contributed by atoms with Crippen molar-refractivity contribution in [1.82, 2.24) is 0 Å². The minimum absolute atomic E-state index is 0. The molecule has 0 bridgehead atoms. The van der Waals surface area contributed by atoms with E-state index in [9.17, 15) is 4.79 Å². The van der Waals surface area contributed by atoms with Gasteiger partial charge >= 0.3 is 33.9 Å². The van der Waals surface area contributed by atoms with Crippen LogP contribution in [0.1, 0.15) is 12.5 Å². The van der Waals surface area contributed by atoms with Gasteiger partial charge < -0.3 is 4.74 Å². The van der Waals surface area contributed by atoms with E-state index < -0.39 is 0 Å². The molecule has 0 heterocycles. The van der Waals surface area contributed by atoms with Crippen molar-refractivity contribution in [2.75, 3.05) is 7.11 Å². The Balaban J connectivity index is -0.000000142. The summed E-state index contributed by atoms with van der Waals surface area (Å²) >= 11 is 0. The zero-order valence-corrected chi connectivity index (χ0v) is 11.7. The van der Waals surface area contributed by atoms with Gasteiger partial charge in [0.25, 0.3) is 0 Å². The predicted octanol–water partition coefficient (Wildman–Crippen LogP) is 1.71. The summed E-state index contributed by atoms with van der Waals surface area (Å²) in [6.45, 7) is 15.1. The number of hydrogen-bond acceptors (Lipinski definition) is 2. The van der Waals surface area contributed by atoms with Crippen molar-refractivity contribution >= 4 is 5.78 Å². The van der Waals surface area contributed by atoms with Gasteiger partial charge in [-0.05, 0) is 13.0 Å². The third kappa shape index (κ3) is 14.4. The Labute approximate surface area is 123 Å². The number of Topliss-reactive ketones (excluding diaryl/α,β-unsaturated/α-hetero) is 1. The van der Waals surface area contributed by atoms with Crippen molar-refractivity contribution in [3.8, 4) is 5.75 Å². The fourth-order valence-corrected chi connectivity index (χ4v) is 1.12. The van der Waals surface area contributed by atoms with Gasteiger partial charge in [-0.15, -0.1) is 0 Å². The number of benzene rings is 1. The van der Waals surface area contributed by atoms with E-state index in [4.69, 9.17) is 18.7 Å². The molecular weight excluding hydrogens is 288 g/mol. The van der Waals surface area contributed by atoms with Gasteiger partial charge in [0.2, 0.25) is 0 Å². The maximum atomic E-state index is 10.8. The van der Waals surface area contributed by atoms with Crippen LogP contribution in [0.3, 0.4) is 0 Å². The molecular formula is C13H12CrO5. The first-order valence-corrected chi connectivity index (χ1v) is 4.46. The molecule has 6 heteroatoms. The number of rotatable bonds is 3. The quantitative estimate of drug-likeness (QED) is 0.628. The van der Waals surface area contributed by atoms with Crippen LogP contribution in [0.2, 0.25) is 0 Å². The van der Waals surface area contributed by atoms with Crippen molar-refractivity contribution in [2.45, 2.75) is 13.3 Å². The summed E-state index contributed by atoms with van der Waals surface area (Å²) in [5.74, 6) is 0.937. The maximum Gasteiger partial charge on any atom is 0 e. The second-order valence-corrected chi connectivity index (χ2v) is 2.69. The molecule has 0 atom stereocenters. The zero-order chi connectivity index (χ0) is 15.0. The SMILES string of the molecule is COc1ccccc1CC(C)=O.[C-]#[O+].[C-]#[O+].[C-]#[O+].[Cr]. The number of ketones is 1. The average Bonchev–Trinajstić information content (AvgIpc) is 2.45. The molecule has 0 saturated heterocycles. The normalized spacial score (nSPS) is 6.32. The molecule has 5 nitrogen and oxygen atoms in total. The molecule has 0 amide bonds. The smallest absolute Gasteiger partial charge is 0 e.